The quantitative estimate of drug-likeness (QED) is 0.566. The van der Waals surface area contributed by atoms with Crippen LogP contribution in [0.4, 0.5) is 0 Å². The van der Waals surface area contributed by atoms with Crippen molar-refractivity contribution in [3.05, 3.63) is 24.0 Å². The molecule has 0 aromatic carbocycles. The van der Waals surface area contributed by atoms with Crippen LogP contribution in [0.5, 0.6) is 0 Å². The van der Waals surface area contributed by atoms with E-state index in [4.69, 9.17) is 0 Å². The van der Waals surface area contributed by atoms with Gasteiger partial charge in [0.25, 0.3) is 0 Å². The number of nitrogens with zero attached hydrogens (tertiary/aromatic N) is 3. The first kappa shape index (κ1) is 25.3. The molecule has 5 heteroatoms. The second-order valence-electron chi connectivity index (χ2n) is 10.5. The van der Waals surface area contributed by atoms with Crippen molar-refractivity contribution >= 4 is 11.8 Å². The molecular formula is C24H43N3O2. The van der Waals surface area contributed by atoms with Gasteiger partial charge in [0.1, 0.15) is 0 Å². The van der Waals surface area contributed by atoms with Crippen LogP contribution < -0.4 is 0 Å². The molecule has 1 unspecified atom stereocenters. The molecule has 1 aromatic rings. The van der Waals surface area contributed by atoms with Gasteiger partial charge in [-0.05, 0) is 49.7 Å². The molecule has 166 valence electrons. The van der Waals surface area contributed by atoms with Gasteiger partial charge in [-0.2, -0.15) is 0 Å². The van der Waals surface area contributed by atoms with E-state index in [-0.39, 0.29) is 29.8 Å². The molecule has 0 spiro atoms. The number of hydrogen-bond donors (Lipinski definition) is 0. The van der Waals surface area contributed by atoms with Crippen LogP contribution >= 0.6 is 0 Å². The van der Waals surface area contributed by atoms with Gasteiger partial charge in [-0.15, -0.1) is 0 Å². The summed E-state index contributed by atoms with van der Waals surface area (Å²) in [7, 11) is 1.99. The highest BCUT2D eigenvalue weighted by Gasteiger charge is 2.26. The number of rotatable bonds is 10. The van der Waals surface area contributed by atoms with E-state index >= 15 is 0 Å². The summed E-state index contributed by atoms with van der Waals surface area (Å²) in [5, 5.41) is 0. The van der Waals surface area contributed by atoms with Crippen molar-refractivity contribution in [3.8, 4) is 0 Å². The Morgan fingerprint density at radius 3 is 2.14 bits per heavy atom. The van der Waals surface area contributed by atoms with Gasteiger partial charge < -0.3 is 14.4 Å². The monoisotopic (exact) mass is 405 g/mol. The van der Waals surface area contributed by atoms with Crippen LogP contribution in [0, 0.1) is 17.3 Å². The van der Waals surface area contributed by atoms with E-state index in [1.54, 1.807) is 4.90 Å². The predicted octanol–water partition coefficient (Wildman–Crippen LogP) is 4.71. The van der Waals surface area contributed by atoms with Crippen LogP contribution in [-0.4, -0.2) is 45.3 Å². The zero-order valence-electron chi connectivity index (χ0n) is 20.2. The topological polar surface area (TPSA) is 45.6 Å². The third kappa shape index (κ3) is 9.05. The van der Waals surface area contributed by atoms with Gasteiger partial charge in [0.2, 0.25) is 11.8 Å². The Morgan fingerprint density at radius 2 is 1.69 bits per heavy atom. The number of hydrogen-bond acceptors (Lipinski definition) is 2. The molecule has 0 fully saturated rings. The number of aryl methyl sites for hydroxylation is 1. The van der Waals surface area contributed by atoms with Crippen molar-refractivity contribution < 1.29 is 9.59 Å². The van der Waals surface area contributed by atoms with E-state index in [0.717, 1.165) is 12.1 Å². The highest BCUT2D eigenvalue weighted by atomic mass is 16.2. The zero-order valence-corrected chi connectivity index (χ0v) is 20.2. The highest BCUT2D eigenvalue weighted by Crippen LogP contribution is 2.26. The molecule has 29 heavy (non-hydrogen) atoms. The number of carbonyl (C=O) groups excluding carboxylic acids is 2. The zero-order chi connectivity index (χ0) is 22.4. The van der Waals surface area contributed by atoms with Crippen LogP contribution in [0.15, 0.2) is 18.3 Å². The van der Waals surface area contributed by atoms with E-state index in [1.165, 1.54) is 0 Å². The lowest BCUT2D eigenvalue weighted by Gasteiger charge is -2.32. The van der Waals surface area contributed by atoms with Gasteiger partial charge in [-0.25, -0.2) is 0 Å². The summed E-state index contributed by atoms with van der Waals surface area (Å²) >= 11 is 0. The third-order valence-corrected chi connectivity index (χ3v) is 5.08. The predicted molar refractivity (Wildman–Crippen MR) is 120 cm³/mol. The van der Waals surface area contributed by atoms with Crippen LogP contribution in [0.1, 0.15) is 73.9 Å². The summed E-state index contributed by atoms with van der Waals surface area (Å²) in [6.07, 6.45) is 3.48. The lowest BCUT2D eigenvalue weighted by atomic mass is 9.84. The van der Waals surface area contributed by atoms with E-state index < -0.39 is 0 Å². The molecule has 1 heterocycles. The molecule has 1 rings (SSSR count). The van der Waals surface area contributed by atoms with Crippen LogP contribution in [-0.2, 0) is 23.2 Å². The molecular weight excluding hydrogens is 362 g/mol. The minimum absolute atomic E-state index is 0.00391. The lowest BCUT2D eigenvalue weighted by molar-refractivity contribution is -0.143. The fourth-order valence-electron chi connectivity index (χ4n) is 3.89. The molecule has 0 aliphatic rings. The van der Waals surface area contributed by atoms with E-state index in [9.17, 15) is 9.59 Å². The summed E-state index contributed by atoms with van der Waals surface area (Å²) < 4.78 is 2.04. The third-order valence-electron chi connectivity index (χ3n) is 5.08. The van der Waals surface area contributed by atoms with E-state index in [0.29, 0.717) is 31.3 Å². The first-order valence-corrected chi connectivity index (χ1v) is 11.0. The normalized spacial score (nSPS) is 13.1. The fourth-order valence-corrected chi connectivity index (χ4v) is 3.89. The second kappa shape index (κ2) is 10.8. The lowest BCUT2D eigenvalue weighted by Crippen LogP contribution is -2.47. The maximum atomic E-state index is 13.2. The van der Waals surface area contributed by atoms with Crippen molar-refractivity contribution in [2.75, 3.05) is 13.1 Å². The molecule has 5 nitrogen and oxygen atoms in total. The molecule has 0 radical (unpaired) electrons. The second-order valence-corrected chi connectivity index (χ2v) is 10.5. The summed E-state index contributed by atoms with van der Waals surface area (Å²) in [6.45, 7) is 18.3. The number of aromatic nitrogens is 1. The molecule has 0 aliphatic heterocycles. The maximum Gasteiger partial charge on any atom is 0.242 e. The Balaban J connectivity index is 2.86. The Bertz CT molecular complexity index is 655. The summed E-state index contributed by atoms with van der Waals surface area (Å²) in [6, 6.07) is 4.04. The van der Waals surface area contributed by atoms with E-state index in [2.05, 4.69) is 41.5 Å². The van der Waals surface area contributed by atoms with Gasteiger partial charge in [-0.3, -0.25) is 9.59 Å². The number of carbonyl (C=O) groups is 2. The average molecular weight is 406 g/mol. The van der Waals surface area contributed by atoms with Gasteiger partial charge in [0.05, 0.1) is 13.1 Å². The molecule has 0 saturated carbocycles. The fraction of sp³-hybridized carbons (Fsp3) is 0.750. The van der Waals surface area contributed by atoms with Gasteiger partial charge in [0, 0.05) is 37.9 Å². The van der Waals surface area contributed by atoms with Crippen molar-refractivity contribution in [2.24, 2.45) is 24.3 Å². The Kier molecular flexibility index (Phi) is 9.44. The molecule has 0 saturated heterocycles. The Labute approximate surface area is 178 Å². The van der Waals surface area contributed by atoms with Crippen molar-refractivity contribution in [1.29, 1.82) is 0 Å². The first-order valence-electron chi connectivity index (χ1n) is 11.0. The highest BCUT2D eigenvalue weighted by molar-refractivity contribution is 5.85. The van der Waals surface area contributed by atoms with Crippen molar-refractivity contribution in [2.45, 2.75) is 80.8 Å². The largest absolute Gasteiger partial charge is 0.353 e. The summed E-state index contributed by atoms with van der Waals surface area (Å²) in [4.78, 5) is 29.8. The first-order chi connectivity index (χ1) is 13.3. The standard InChI is InChI=1S/C24H43N3O2/c1-18(2)15-26(16-21-11-10-12-25(21)9)23(29)17-27(19(3)4)22(28)13-20(5)14-24(6,7)8/h10-12,18-20H,13-17H2,1-9H3. The minimum Gasteiger partial charge on any atom is -0.353 e. The van der Waals surface area contributed by atoms with Crippen LogP contribution in [0.25, 0.3) is 0 Å². The van der Waals surface area contributed by atoms with Crippen LogP contribution in [0.3, 0.4) is 0 Å². The van der Waals surface area contributed by atoms with Crippen molar-refractivity contribution in [3.63, 3.8) is 0 Å². The molecule has 0 aliphatic carbocycles. The molecule has 0 bridgehead atoms. The van der Waals surface area contributed by atoms with Gasteiger partial charge in [0.15, 0.2) is 0 Å². The average Bonchev–Trinajstić information content (AvgIpc) is 2.93. The smallest absolute Gasteiger partial charge is 0.242 e. The molecule has 0 N–H and O–H groups in total. The van der Waals surface area contributed by atoms with Gasteiger partial charge >= 0.3 is 0 Å². The van der Waals surface area contributed by atoms with Gasteiger partial charge in [-0.1, -0.05) is 41.5 Å². The summed E-state index contributed by atoms with van der Waals surface area (Å²) in [5.41, 5.74) is 1.29. The van der Waals surface area contributed by atoms with Crippen LogP contribution in [0.2, 0.25) is 0 Å². The van der Waals surface area contributed by atoms with Crippen molar-refractivity contribution in [1.82, 2.24) is 14.4 Å². The number of amides is 2. The summed E-state index contributed by atoms with van der Waals surface area (Å²) in [5.74, 6) is 0.766. The Morgan fingerprint density at radius 1 is 1.07 bits per heavy atom. The SMILES string of the molecule is CC(C)CN(Cc1cccn1C)C(=O)CN(C(=O)CC(C)CC(C)(C)C)C(C)C. The maximum absolute atomic E-state index is 13.2. The molecule has 1 atom stereocenters. The van der Waals surface area contributed by atoms with E-state index in [1.807, 2.05) is 48.7 Å². The molecule has 1 aromatic heterocycles. The Hall–Kier alpha value is -1.78. The minimum atomic E-state index is 0.00391. The molecule has 2 amide bonds.